The number of alkyl halides is 1. The fourth-order valence-electron chi connectivity index (χ4n) is 4.89. The summed E-state index contributed by atoms with van der Waals surface area (Å²) in [6.07, 6.45) is 1.89. The van der Waals surface area contributed by atoms with Gasteiger partial charge in [-0.25, -0.2) is 14.4 Å². The molecule has 0 fully saturated rings. The van der Waals surface area contributed by atoms with Crippen LogP contribution in [0.5, 0.6) is 5.75 Å². The van der Waals surface area contributed by atoms with Gasteiger partial charge in [0.05, 0.1) is 24.5 Å². The first kappa shape index (κ1) is 27.9. The van der Waals surface area contributed by atoms with Crippen molar-refractivity contribution in [2.24, 2.45) is 5.92 Å². The molecule has 0 bridgehead atoms. The molecule has 1 aliphatic rings. The highest BCUT2D eigenvalue weighted by molar-refractivity contribution is 7.14. The molecule has 1 atom stereocenters. The average Bonchev–Trinajstić information content (AvgIpc) is 3.57. The molecular formula is C30H27FN4O5S. The number of likely N-dealkylation sites (N-methyl/N-ethyl adjacent to an activating group) is 1. The summed E-state index contributed by atoms with van der Waals surface area (Å²) < 4.78 is 18.1. The molecule has 2 amide bonds. The number of halogens is 1. The monoisotopic (exact) mass is 574 g/mol. The van der Waals surface area contributed by atoms with Gasteiger partial charge in [0, 0.05) is 42.4 Å². The lowest BCUT2D eigenvalue weighted by atomic mass is 9.95. The van der Waals surface area contributed by atoms with Crippen LogP contribution in [0, 0.1) is 5.92 Å². The minimum Gasteiger partial charge on any atom is -0.481 e. The number of benzene rings is 2. The predicted molar refractivity (Wildman–Crippen MR) is 154 cm³/mol. The molecule has 9 nitrogen and oxygen atoms in total. The number of hydrogen-bond donors (Lipinski definition) is 1. The number of aromatic nitrogens is 2. The van der Waals surface area contributed by atoms with Crippen molar-refractivity contribution in [3.8, 4) is 28.1 Å². The number of carbonyl (C=O) groups is 3. The van der Waals surface area contributed by atoms with Crippen LogP contribution < -0.4 is 14.5 Å². The second-order valence-electron chi connectivity index (χ2n) is 9.69. The molecule has 1 N–H and O–H groups in total. The fourth-order valence-corrected chi connectivity index (χ4v) is 5.68. The smallest absolute Gasteiger partial charge is 0.304 e. The zero-order valence-electron chi connectivity index (χ0n) is 22.4. The predicted octanol–water partition coefficient (Wildman–Crippen LogP) is 4.99. The Morgan fingerprint density at radius 3 is 2.68 bits per heavy atom. The third-order valence-corrected chi connectivity index (χ3v) is 7.90. The molecule has 0 aliphatic carbocycles. The molecule has 11 heteroatoms. The van der Waals surface area contributed by atoms with Crippen molar-refractivity contribution >= 4 is 40.1 Å². The van der Waals surface area contributed by atoms with Gasteiger partial charge in [-0.15, -0.1) is 11.3 Å². The number of amides is 2. The first-order valence-electron chi connectivity index (χ1n) is 12.8. The maximum atomic E-state index is 13.4. The Hall–Kier alpha value is -4.64. The lowest BCUT2D eigenvalue weighted by Crippen LogP contribution is -2.35. The van der Waals surface area contributed by atoms with Gasteiger partial charge >= 0.3 is 5.97 Å². The van der Waals surface area contributed by atoms with E-state index in [2.05, 4.69) is 4.98 Å². The van der Waals surface area contributed by atoms with E-state index >= 15 is 0 Å². The molecule has 5 rings (SSSR count). The Bertz CT molecular complexity index is 1610. The number of aliphatic carboxylic acids is 1. The SMILES string of the molecule is CN(C(=O)[C@@H](CC(=O)O)Cc1ccccc1)c1nc(-c2cc(OCF)ccc2-c2cnc3c(c2)CC(=O)N3C)cs1. The molecule has 0 unspecified atom stereocenters. The minimum absolute atomic E-state index is 0.0399. The van der Waals surface area contributed by atoms with E-state index in [-0.39, 0.29) is 31.1 Å². The van der Waals surface area contributed by atoms with Crippen molar-refractivity contribution < 1.29 is 28.6 Å². The fraction of sp³-hybridized carbons (Fsp3) is 0.233. The minimum atomic E-state index is -1.06. The zero-order valence-corrected chi connectivity index (χ0v) is 23.2. The summed E-state index contributed by atoms with van der Waals surface area (Å²) in [5.74, 6) is -1.32. The molecule has 3 heterocycles. The van der Waals surface area contributed by atoms with Crippen molar-refractivity contribution in [1.29, 1.82) is 0 Å². The highest BCUT2D eigenvalue weighted by Crippen LogP contribution is 2.39. The molecule has 1 aliphatic heterocycles. The van der Waals surface area contributed by atoms with Crippen LogP contribution in [0.1, 0.15) is 17.5 Å². The van der Waals surface area contributed by atoms with E-state index in [1.807, 2.05) is 36.4 Å². The number of hydrogen-bond acceptors (Lipinski definition) is 7. The number of carbonyl (C=O) groups excluding carboxylic acids is 2. The van der Waals surface area contributed by atoms with Crippen LogP contribution in [0.25, 0.3) is 22.4 Å². The Morgan fingerprint density at radius 2 is 1.95 bits per heavy atom. The van der Waals surface area contributed by atoms with Gasteiger partial charge in [0.15, 0.2) is 5.13 Å². The van der Waals surface area contributed by atoms with Crippen LogP contribution in [0.4, 0.5) is 15.3 Å². The van der Waals surface area contributed by atoms with Crippen molar-refractivity contribution in [3.05, 3.63) is 77.3 Å². The van der Waals surface area contributed by atoms with Crippen LogP contribution in [0.3, 0.4) is 0 Å². The Balaban J connectivity index is 1.47. The highest BCUT2D eigenvalue weighted by atomic mass is 32.1. The maximum Gasteiger partial charge on any atom is 0.304 e. The molecule has 41 heavy (non-hydrogen) atoms. The first-order chi connectivity index (χ1) is 19.7. The molecular weight excluding hydrogens is 547 g/mol. The van der Waals surface area contributed by atoms with Crippen LogP contribution >= 0.6 is 11.3 Å². The Kier molecular flexibility index (Phi) is 8.06. The average molecular weight is 575 g/mol. The Morgan fingerprint density at radius 1 is 1.17 bits per heavy atom. The topological polar surface area (TPSA) is 113 Å². The molecule has 210 valence electrons. The summed E-state index contributed by atoms with van der Waals surface area (Å²) in [6.45, 7) is -1.00. The number of carboxylic acid groups (broad SMARTS) is 1. The van der Waals surface area contributed by atoms with Crippen LogP contribution in [-0.2, 0) is 27.2 Å². The number of carboxylic acids is 1. The molecule has 0 saturated carbocycles. The highest BCUT2D eigenvalue weighted by Gasteiger charge is 2.29. The number of ether oxygens (including phenoxy) is 1. The summed E-state index contributed by atoms with van der Waals surface area (Å²) in [4.78, 5) is 49.3. The van der Waals surface area contributed by atoms with E-state index < -0.39 is 18.7 Å². The summed E-state index contributed by atoms with van der Waals surface area (Å²) in [6, 6.07) is 16.3. The van der Waals surface area contributed by atoms with Crippen molar-refractivity contribution in [1.82, 2.24) is 9.97 Å². The summed E-state index contributed by atoms with van der Waals surface area (Å²) in [5.41, 5.74) is 4.31. The lowest BCUT2D eigenvalue weighted by molar-refractivity contribution is -0.140. The summed E-state index contributed by atoms with van der Waals surface area (Å²) in [5, 5.41) is 11.6. The standard InChI is InChI=1S/C30H27FN4O5S/c1-34-26(36)12-19-11-21(15-32-28(19)34)23-9-8-22(40-17-31)14-24(23)25-16-41-30(33-25)35(2)29(39)20(13-27(37)38)10-18-6-4-3-5-7-18/h3-9,11,14-16,20H,10,12-13,17H2,1-2H3,(H,37,38)/t20-/m1/s1. The van der Waals surface area contributed by atoms with Gasteiger partial charge in [-0.05, 0) is 41.8 Å². The number of pyridine rings is 1. The zero-order chi connectivity index (χ0) is 29.1. The molecule has 2 aromatic heterocycles. The van der Waals surface area contributed by atoms with Crippen LogP contribution in [-0.4, -0.2) is 53.8 Å². The maximum absolute atomic E-state index is 13.4. The quantitative estimate of drug-likeness (QED) is 0.284. The van der Waals surface area contributed by atoms with E-state index in [0.717, 1.165) is 22.3 Å². The number of nitrogens with zero attached hydrogens (tertiary/aromatic N) is 4. The van der Waals surface area contributed by atoms with E-state index in [1.54, 1.807) is 43.9 Å². The normalized spacial score (nSPS) is 13.1. The first-order valence-corrected chi connectivity index (χ1v) is 13.7. The van der Waals surface area contributed by atoms with Gasteiger partial charge in [0.2, 0.25) is 18.7 Å². The van der Waals surface area contributed by atoms with E-state index in [4.69, 9.17) is 9.72 Å². The number of fused-ring (bicyclic) bond motifs is 1. The molecule has 0 spiro atoms. The number of anilines is 2. The van der Waals surface area contributed by atoms with Gasteiger partial charge in [-0.2, -0.15) is 0 Å². The van der Waals surface area contributed by atoms with Crippen LogP contribution in [0.15, 0.2) is 66.2 Å². The van der Waals surface area contributed by atoms with Crippen LogP contribution in [0.2, 0.25) is 0 Å². The van der Waals surface area contributed by atoms with E-state index in [0.29, 0.717) is 28.0 Å². The van der Waals surface area contributed by atoms with Crippen molar-refractivity contribution in [3.63, 3.8) is 0 Å². The van der Waals surface area contributed by atoms with Gasteiger partial charge in [-0.1, -0.05) is 30.3 Å². The van der Waals surface area contributed by atoms with Gasteiger partial charge in [0.1, 0.15) is 11.6 Å². The van der Waals surface area contributed by atoms with Gasteiger partial charge in [0.25, 0.3) is 0 Å². The second kappa shape index (κ2) is 11.8. The summed E-state index contributed by atoms with van der Waals surface area (Å²) in [7, 11) is 3.26. The third kappa shape index (κ3) is 5.94. The molecule has 2 aromatic carbocycles. The third-order valence-electron chi connectivity index (χ3n) is 6.98. The molecule has 4 aromatic rings. The largest absolute Gasteiger partial charge is 0.481 e. The number of thiazole rings is 1. The van der Waals surface area contributed by atoms with E-state index in [9.17, 15) is 23.9 Å². The van der Waals surface area contributed by atoms with Gasteiger partial charge < -0.3 is 9.84 Å². The molecule has 0 saturated heterocycles. The Labute approximate surface area is 239 Å². The van der Waals surface area contributed by atoms with Gasteiger partial charge in [-0.3, -0.25) is 24.2 Å². The summed E-state index contributed by atoms with van der Waals surface area (Å²) >= 11 is 1.23. The molecule has 0 radical (unpaired) electrons. The van der Waals surface area contributed by atoms with Crippen molar-refractivity contribution in [2.75, 3.05) is 30.8 Å². The van der Waals surface area contributed by atoms with Crippen molar-refractivity contribution in [2.45, 2.75) is 19.3 Å². The number of rotatable bonds is 10. The van der Waals surface area contributed by atoms with E-state index in [1.165, 1.54) is 21.1 Å². The lowest BCUT2D eigenvalue weighted by Gasteiger charge is -2.21. The second-order valence-corrected chi connectivity index (χ2v) is 10.5.